The molecule has 0 unspecified atom stereocenters. The van der Waals surface area contributed by atoms with Gasteiger partial charge in [0.05, 0.1) is 5.69 Å². The van der Waals surface area contributed by atoms with E-state index in [1.54, 1.807) is 0 Å². The van der Waals surface area contributed by atoms with Gasteiger partial charge in [0.15, 0.2) is 5.13 Å². The molecule has 5 nitrogen and oxygen atoms in total. The number of hydrogen-bond acceptors (Lipinski definition) is 4. The van der Waals surface area contributed by atoms with Crippen LogP contribution in [0.25, 0.3) is 0 Å². The minimum Gasteiger partial charge on any atom is -0.344 e. The Morgan fingerprint density at radius 1 is 1.30 bits per heavy atom. The van der Waals surface area contributed by atoms with Gasteiger partial charge in [-0.1, -0.05) is 34.6 Å². The van der Waals surface area contributed by atoms with Crippen molar-refractivity contribution in [1.29, 1.82) is 0 Å². The van der Waals surface area contributed by atoms with E-state index in [-0.39, 0.29) is 23.1 Å². The summed E-state index contributed by atoms with van der Waals surface area (Å²) in [6.07, 6.45) is 0. The third-order valence-electron chi connectivity index (χ3n) is 2.81. The highest BCUT2D eigenvalue weighted by Crippen LogP contribution is 2.26. The number of amides is 2. The number of rotatable bonds is 4. The van der Waals surface area contributed by atoms with Crippen molar-refractivity contribution in [2.75, 3.05) is 5.32 Å². The summed E-state index contributed by atoms with van der Waals surface area (Å²) in [6.45, 7) is 11.4. The topological polar surface area (TPSA) is 71.1 Å². The van der Waals surface area contributed by atoms with Crippen molar-refractivity contribution in [3.8, 4) is 0 Å². The molecule has 0 fully saturated rings. The smallest absolute Gasteiger partial charge is 0.248 e. The highest BCUT2D eigenvalue weighted by Gasteiger charge is 2.24. The third-order valence-corrected chi connectivity index (χ3v) is 3.57. The third kappa shape index (κ3) is 4.59. The van der Waals surface area contributed by atoms with Gasteiger partial charge in [-0.25, -0.2) is 4.98 Å². The second-order valence-corrected chi connectivity index (χ2v) is 7.06. The molecule has 2 amide bonds. The van der Waals surface area contributed by atoms with Crippen LogP contribution in [0.2, 0.25) is 0 Å². The zero-order valence-corrected chi connectivity index (χ0v) is 13.7. The number of hydrogen-bond donors (Lipinski definition) is 2. The summed E-state index contributed by atoms with van der Waals surface area (Å²) in [7, 11) is 0. The van der Waals surface area contributed by atoms with E-state index in [0.717, 1.165) is 5.69 Å². The van der Waals surface area contributed by atoms with Gasteiger partial charge in [-0.3, -0.25) is 9.59 Å². The number of anilines is 1. The number of nitrogens with zero attached hydrogens (tertiary/aromatic N) is 1. The van der Waals surface area contributed by atoms with Gasteiger partial charge in [0, 0.05) is 17.7 Å². The maximum absolute atomic E-state index is 12.2. The van der Waals surface area contributed by atoms with Crippen LogP contribution in [0, 0.1) is 5.92 Å². The van der Waals surface area contributed by atoms with Gasteiger partial charge >= 0.3 is 0 Å². The Labute approximate surface area is 124 Å². The fraction of sp³-hybridized carbons (Fsp3) is 0.643. The van der Waals surface area contributed by atoms with Crippen molar-refractivity contribution < 1.29 is 9.59 Å². The summed E-state index contributed by atoms with van der Waals surface area (Å²) in [5.41, 5.74) is 0.896. The molecule has 6 heteroatoms. The number of aromatic nitrogens is 1. The molecule has 0 aliphatic heterocycles. The van der Waals surface area contributed by atoms with Crippen LogP contribution < -0.4 is 10.6 Å². The molecule has 0 radical (unpaired) electrons. The van der Waals surface area contributed by atoms with Crippen molar-refractivity contribution >= 4 is 28.3 Å². The van der Waals surface area contributed by atoms with Crippen LogP contribution in [0.4, 0.5) is 5.13 Å². The molecular weight excluding hydrogens is 274 g/mol. The van der Waals surface area contributed by atoms with E-state index in [4.69, 9.17) is 0 Å². The molecule has 0 spiro atoms. The van der Waals surface area contributed by atoms with Gasteiger partial charge in [-0.2, -0.15) is 0 Å². The number of carbonyl (C=O) groups is 2. The molecule has 1 aromatic rings. The maximum atomic E-state index is 12.2. The van der Waals surface area contributed by atoms with Gasteiger partial charge < -0.3 is 10.6 Å². The molecular formula is C14H23N3O2S. The maximum Gasteiger partial charge on any atom is 0.248 e. The lowest BCUT2D eigenvalue weighted by atomic mass is 9.93. The summed E-state index contributed by atoms with van der Waals surface area (Å²) in [5, 5.41) is 7.95. The lowest BCUT2D eigenvalue weighted by Crippen LogP contribution is -2.46. The highest BCUT2D eigenvalue weighted by molar-refractivity contribution is 7.14. The van der Waals surface area contributed by atoms with Crippen LogP contribution >= 0.6 is 11.3 Å². The lowest BCUT2D eigenvalue weighted by molar-refractivity contribution is -0.126. The number of carbonyl (C=O) groups excluding carboxylic acids is 2. The van der Waals surface area contributed by atoms with Crippen molar-refractivity contribution in [3.05, 3.63) is 11.1 Å². The van der Waals surface area contributed by atoms with E-state index in [0.29, 0.717) is 5.13 Å². The Balaban J connectivity index is 2.78. The van der Waals surface area contributed by atoms with Gasteiger partial charge in [0.25, 0.3) is 0 Å². The quantitative estimate of drug-likeness (QED) is 0.897. The van der Waals surface area contributed by atoms with E-state index in [2.05, 4.69) is 36.4 Å². The minimum absolute atomic E-state index is 0.0148. The average molecular weight is 297 g/mol. The number of thiazole rings is 1. The lowest BCUT2D eigenvalue weighted by Gasteiger charge is -2.20. The van der Waals surface area contributed by atoms with Gasteiger partial charge in [0.2, 0.25) is 11.8 Å². The Morgan fingerprint density at radius 2 is 1.90 bits per heavy atom. The Hall–Kier alpha value is -1.43. The summed E-state index contributed by atoms with van der Waals surface area (Å²) in [5.74, 6) is -0.431. The van der Waals surface area contributed by atoms with Gasteiger partial charge in [-0.15, -0.1) is 11.3 Å². The van der Waals surface area contributed by atoms with Crippen molar-refractivity contribution in [3.63, 3.8) is 0 Å². The van der Waals surface area contributed by atoms with E-state index in [1.807, 2.05) is 19.2 Å². The first-order valence-corrected chi connectivity index (χ1v) is 7.53. The monoisotopic (exact) mass is 297 g/mol. The Morgan fingerprint density at radius 3 is 2.30 bits per heavy atom. The normalized spacial score (nSPS) is 13.2. The van der Waals surface area contributed by atoms with Crippen LogP contribution in [0.1, 0.15) is 47.2 Å². The summed E-state index contributed by atoms with van der Waals surface area (Å²) >= 11 is 1.40. The molecule has 1 rings (SSSR count). The largest absolute Gasteiger partial charge is 0.344 e. The molecule has 0 aromatic carbocycles. The molecule has 2 N–H and O–H groups in total. The molecule has 20 heavy (non-hydrogen) atoms. The number of nitrogens with one attached hydrogen (secondary N) is 2. The molecule has 1 heterocycles. The van der Waals surface area contributed by atoms with Crippen molar-refractivity contribution in [2.24, 2.45) is 5.92 Å². The van der Waals surface area contributed by atoms with Gasteiger partial charge in [-0.05, 0) is 5.92 Å². The molecule has 0 bridgehead atoms. The molecule has 1 atom stereocenters. The molecule has 0 saturated heterocycles. The van der Waals surface area contributed by atoms with E-state index in [9.17, 15) is 9.59 Å². The van der Waals surface area contributed by atoms with E-state index >= 15 is 0 Å². The summed E-state index contributed by atoms with van der Waals surface area (Å²) in [4.78, 5) is 27.8. The van der Waals surface area contributed by atoms with E-state index in [1.165, 1.54) is 18.3 Å². The van der Waals surface area contributed by atoms with Crippen molar-refractivity contribution in [1.82, 2.24) is 10.3 Å². The molecule has 0 aliphatic carbocycles. The first-order valence-electron chi connectivity index (χ1n) is 6.65. The van der Waals surface area contributed by atoms with Crippen LogP contribution in [0.3, 0.4) is 0 Å². The second kappa shape index (κ2) is 6.35. The fourth-order valence-corrected chi connectivity index (χ4v) is 2.55. The zero-order chi connectivity index (χ0) is 15.5. The first kappa shape index (κ1) is 16.6. The predicted octanol–water partition coefficient (Wildman–Crippen LogP) is 2.54. The Bertz CT molecular complexity index is 489. The predicted molar refractivity (Wildman–Crippen MR) is 81.9 cm³/mol. The summed E-state index contributed by atoms with van der Waals surface area (Å²) in [6, 6.07) is -0.547. The van der Waals surface area contributed by atoms with Crippen LogP contribution in [-0.4, -0.2) is 22.8 Å². The van der Waals surface area contributed by atoms with Crippen molar-refractivity contribution in [2.45, 2.75) is 53.0 Å². The Kier molecular flexibility index (Phi) is 5.28. The second-order valence-electron chi connectivity index (χ2n) is 6.20. The zero-order valence-electron chi connectivity index (χ0n) is 12.9. The summed E-state index contributed by atoms with van der Waals surface area (Å²) < 4.78 is 0. The van der Waals surface area contributed by atoms with Crippen LogP contribution in [0.15, 0.2) is 5.38 Å². The van der Waals surface area contributed by atoms with Crippen LogP contribution in [-0.2, 0) is 15.0 Å². The highest BCUT2D eigenvalue weighted by atomic mass is 32.1. The van der Waals surface area contributed by atoms with E-state index < -0.39 is 6.04 Å². The minimum atomic E-state index is -0.547. The molecule has 0 saturated carbocycles. The van der Waals surface area contributed by atoms with Gasteiger partial charge in [0.1, 0.15) is 6.04 Å². The molecule has 0 aliphatic rings. The SMILES string of the molecule is CC(=O)N[C@@H](C(=O)Nc1nc(C(C)(C)C)cs1)C(C)C. The van der Waals surface area contributed by atoms with Crippen LogP contribution in [0.5, 0.6) is 0 Å². The first-order chi connectivity index (χ1) is 9.11. The average Bonchev–Trinajstić information content (AvgIpc) is 2.73. The molecule has 1 aromatic heterocycles. The molecule has 112 valence electrons. The standard InChI is InChI=1S/C14H23N3O2S/c1-8(2)11(15-9(3)18)12(19)17-13-16-10(7-20-13)14(4,5)6/h7-8,11H,1-6H3,(H,15,18)(H,16,17,19)/t11-/m1/s1. The fourth-order valence-electron chi connectivity index (χ4n) is 1.61.